The zero-order chi connectivity index (χ0) is 20.1. The molecule has 3 aliphatic carbocycles. The second kappa shape index (κ2) is 9.67. The fraction of sp³-hybridized carbons (Fsp3) is 1.00. The van der Waals surface area contributed by atoms with E-state index in [0.717, 1.165) is 17.8 Å². The first-order chi connectivity index (χ1) is 12.8. The average Bonchev–Trinajstić information content (AvgIpc) is 2.83. The van der Waals surface area contributed by atoms with Gasteiger partial charge in [-0.2, -0.15) is 0 Å². The predicted molar refractivity (Wildman–Crippen MR) is 122 cm³/mol. The summed E-state index contributed by atoms with van der Waals surface area (Å²) in [4.78, 5) is 0. The molecule has 3 fully saturated rings. The Morgan fingerprint density at radius 2 is 1.48 bits per heavy atom. The van der Waals surface area contributed by atoms with E-state index in [1.54, 1.807) is 0 Å². The van der Waals surface area contributed by atoms with Gasteiger partial charge in [-0.25, -0.2) is 0 Å². The van der Waals surface area contributed by atoms with Gasteiger partial charge in [0.05, 0.1) is 0 Å². The van der Waals surface area contributed by atoms with Gasteiger partial charge >= 0.3 is 0 Å². The molecule has 3 rings (SSSR count). The Labute approximate surface area is 172 Å². The van der Waals surface area contributed by atoms with Gasteiger partial charge in [0.2, 0.25) is 0 Å². The van der Waals surface area contributed by atoms with Gasteiger partial charge in [0.15, 0.2) is 0 Å². The van der Waals surface area contributed by atoms with E-state index in [9.17, 15) is 0 Å². The lowest BCUT2D eigenvalue weighted by molar-refractivity contribution is -0.136. The van der Waals surface area contributed by atoms with E-state index in [2.05, 4.69) is 34.6 Å². The highest BCUT2D eigenvalue weighted by atomic mass is 14.6. The molecule has 0 heteroatoms. The van der Waals surface area contributed by atoms with Gasteiger partial charge in [0, 0.05) is 0 Å². The monoisotopic (exact) mass is 376 g/mol. The van der Waals surface area contributed by atoms with E-state index in [0.29, 0.717) is 16.2 Å². The summed E-state index contributed by atoms with van der Waals surface area (Å²) in [6.45, 7) is 17.0. The molecule has 0 heterocycles. The highest BCUT2D eigenvalue weighted by molar-refractivity contribution is 5.07. The van der Waals surface area contributed by atoms with Crippen LogP contribution in [0.2, 0.25) is 0 Å². The van der Waals surface area contributed by atoms with Crippen molar-refractivity contribution in [3.05, 3.63) is 0 Å². The van der Waals surface area contributed by atoms with Crippen LogP contribution in [-0.2, 0) is 0 Å². The summed E-state index contributed by atoms with van der Waals surface area (Å²) in [5.74, 6) is 2.96. The summed E-state index contributed by atoms with van der Waals surface area (Å²) < 4.78 is 0. The first kappa shape index (κ1) is 23.3. The van der Waals surface area contributed by atoms with Crippen molar-refractivity contribution in [2.75, 3.05) is 0 Å². The summed E-state index contributed by atoms with van der Waals surface area (Å²) in [6, 6.07) is 0. The largest absolute Gasteiger partial charge is 0.0683 e. The third kappa shape index (κ3) is 4.61. The fourth-order valence-corrected chi connectivity index (χ4v) is 7.61. The molecule has 0 radical (unpaired) electrons. The molecule has 3 saturated carbocycles. The van der Waals surface area contributed by atoms with Crippen molar-refractivity contribution >= 4 is 0 Å². The van der Waals surface area contributed by atoms with Crippen LogP contribution >= 0.6 is 0 Å². The minimum atomic E-state index is 0.615. The Kier molecular flexibility index (Phi) is 8.34. The number of unbranched alkanes of at least 4 members (excludes halogenated alkanes) is 1. The molecule has 0 amide bonds. The Bertz CT molecular complexity index is 439. The molecule has 0 aromatic rings. The maximum absolute atomic E-state index is 2.74. The van der Waals surface area contributed by atoms with Gasteiger partial charge in [-0.05, 0) is 78.9 Å². The molecular weight excluding hydrogens is 324 g/mol. The first-order valence-corrected chi connectivity index (χ1v) is 12.8. The van der Waals surface area contributed by atoms with E-state index in [1.807, 2.05) is 13.8 Å². The third-order valence-electron chi connectivity index (χ3n) is 9.78. The number of rotatable bonds is 4. The quantitative estimate of drug-likeness (QED) is 0.428. The molecule has 0 N–H and O–H groups in total. The summed E-state index contributed by atoms with van der Waals surface area (Å²) >= 11 is 0. The Balaban J connectivity index is 0.00000126. The molecule has 0 saturated heterocycles. The van der Waals surface area contributed by atoms with Crippen LogP contribution in [0.1, 0.15) is 138 Å². The smallest absolute Gasteiger partial charge is 0.0241 e. The molecule has 3 aliphatic rings. The van der Waals surface area contributed by atoms with Crippen molar-refractivity contribution in [1.82, 2.24) is 0 Å². The highest BCUT2D eigenvalue weighted by Gasteiger charge is 2.57. The third-order valence-corrected chi connectivity index (χ3v) is 9.78. The summed E-state index contributed by atoms with van der Waals surface area (Å²) in [6.07, 6.45) is 20.9. The van der Waals surface area contributed by atoms with Crippen molar-refractivity contribution in [1.29, 1.82) is 0 Å². The summed E-state index contributed by atoms with van der Waals surface area (Å²) in [5, 5.41) is 0. The standard InChI is InChI=1S/C25H46.C2H6/c1-6-7-12-22-21(23(3)15-10-11-20(2)13-18-23)14-19-24(4)16-8-9-17-25(22,24)5;1-2/h20-22H,6-19H2,1-5H3;1-2H3. The molecule has 0 nitrogen and oxygen atoms in total. The first-order valence-electron chi connectivity index (χ1n) is 12.8. The number of hydrogen-bond donors (Lipinski definition) is 0. The van der Waals surface area contributed by atoms with Crippen LogP contribution in [0.25, 0.3) is 0 Å². The average molecular weight is 377 g/mol. The maximum atomic E-state index is 2.74. The van der Waals surface area contributed by atoms with Crippen LogP contribution in [0.3, 0.4) is 0 Å². The van der Waals surface area contributed by atoms with Crippen LogP contribution in [-0.4, -0.2) is 0 Å². The van der Waals surface area contributed by atoms with Crippen LogP contribution in [0, 0.1) is 34.0 Å². The van der Waals surface area contributed by atoms with E-state index in [-0.39, 0.29) is 0 Å². The lowest BCUT2D eigenvalue weighted by atomic mass is 9.42. The Morgan fingerprint density at radius 1 is 0.778 bits per heavy atom. The molecule has 160 valence electrons. The second-order valence-electron chi connectivity index (χ2n) is 11.3. The van der Waals surface area contributed by atoms with Crippen molar-refractivity contribution in [3.8, 4) is 0 Å². The second-order valence-corrected chi connectivity index (χ2v) is 11.3. The topological polar surface area (TPSA) is 0 Å². The van der Waals surface area contributed by atoms with E-state index in [1.165, 1.54) is 89.9 Å². The lowest BCUT2D eigenvalue weighted by Crippen LogP contribution is -2.54. The van der Waals surface area contributed by atoms with Gasteiger partial charge in [0.1, 0.15) is 0 Å². The Morgan fingerprint density at radius 3 is 2.19 bits per heavy atom. The lowest BCUT2D eigenvalue weighted by Gasteiger charge is -2.63. The van der Waals surface area contributed by atoms with Gasteiger partial charge in [-0.1, -0.05) is 93.4 Å². The van der Waals surface area contributed by atoms with Crippen LogP contribution in [0.15, 0.2) is 0 Å². The SMILES string of the molecule is CC.CCCCC1C(C2(C)CCCC(C)CC2)CCC2(C)CCCCC12C. The van der Waals surface area contributed by atoms with Gasteiger partial charge in [0.25, 0.3) is 0 Å². The maximum Gasteiger partial charge on any atom is -0.0241 e. The molecule has 0 aromatic carbocycles. The van der Waals surface area contributed by atoms with Crippen molar-refractivity contribution in [3.63, 3.8) is 0 Å². The van der Waals surface area contributed by atoms with Crippen molar-refractivity contribution in [2.45, 2.75) is 138 Å². The van der Waals surface area contributed by atoms with Crippen LogP contribution < -0.4 is 0 Å². The van der Waals surface area contributed by atoms with Crippen molar-refractivity contribution < 1.29 is 0 Å². The summed E-state index contributed by atoms with van der Waals surface area (Å²) in [7, 11) is 0. The van der Waals surface area contributed by atoms with Gasteiger partial charge in [-0.15, -0.1) is 0 Å². The molecular formula is C27H52. The molecule has 0 aromatic heterocycles. The highest BCUT2D eigenvalue weighted by Crippen LogP contribution is 2.67. The van der Waals surface area contributed by atoms with Crippen LogP contribution in [0.4, 0.5) is 0 Å². The normalized spacial score (nSPS) is 45.2. The zero-order valence-electron chi connectivity index (χ0n) is 20.1. The minimum absolute atomic E-state index is 0.615. The van der Waals surface area contributed by atoms with E-state index in [4.69, 9.17) is 0 Å². The van der Waals surface area contributed by atoms with E-state index >= 15 is 0 Å². The number of hydrogen-bond acceptors (Lipinski definition) is 0. The Hall–Kier alpha value is 0. The molecule has 6 atom stereocenters. The molecule has 0 bridgehead atoms. The molecule has 6 unspecified atom stereocenters. The number of fused-ring (bicyclic) bond motifs is 1. The zero-order valence-corrected chi connectivity index (χ0v) is 20.1. The predicted octanol–water partition coefficient (Wildman–Crippen LogP) is 9.42. The fourth-order valence-electron chi connectivity index (χ4n) is 7.61. The molecule has 0 aliphatic heterocycles. The van der Waals surface area contributed by atoms with E-state index < -0.39 is 0 Å². The van der Waals surface area contributed by atoms with Crippen LogP contribution in [0.5, 0.6) is 0 Å². The molecule has 27 heavy (non-hydrogen) atoms. The van der Waals surface area contributed by atoms with Gasteiger partial charge in [-0.3, -0.25) is 0 Å². The van der Waals surface area contributed by atoms with Gasteiger partial charge < -0.3 is 0 Å². The minimum Gasteiger partial charge on any atom is -0.0683 e. The van der Waals surface area contributed by atoms with Crippen molar-refractivity contribution in [2.24, 2.45) is 34.0 Å². The summed E-state index contributed by atoms with van der Waals surface area (Å²) in [5.41, 5.74) is 1.88. The molecule has 0 spiro atoms.